The summed E-state index contributed by atoms with van der Waals surface area (Å²) in [5.41, 5.74) is 7.57. The molecule has 0 amide bonds. The molecule has 2 saturated heterocycles. The van der Waals surface area contributed by atoms with Gasteiger partial charge in [0.25, 0.3) is 0 Å². The van der Waals surface area contributed by atoms with Crippen molar-refractivity contribution in [3.05, 3.63) is 47.5 Å². The summed E-state index contributed by atoms with van der Waals surface area (Å²) in [6, 6.07) is 10.9. The first kappa shape index (κ1) is 12.7. The van der Waals surface area contributed by atoms with Crippen molar-refractivity contribution in [3.8, 4) is 0 Å². The zero-order chi connectivity index (χ0) is 24.0. The van der Waals surface area contributed by atoms with Crippen LogP contribution in [0.3, 0.4) is 0 Å². The van der Waals surface area contributed by atoms with Gasteiger partial charge in [0, 0.05) is 44.9 Å². The van der Waals surface area contributed by atoms with Gasteiger partial charge in [-0.3, -0.25) is 4.90 Å². The van der Waals surface area contributed by atoms with E-state index in [4.69, 9.17) is 14.0 Å². The van der Waals surface area contributed by atoms with Crippen molar-refractivity contribution in [2.75, 3.05) is 6.54 Å². The fourth-order valence-corrected chi connectivity index (χ4v) is 5.01. The summed E-state index contributed by atoms with van der Waals surface area (Å²) in [6.07, 6.45) is 4.70. The Kier molecular flexibility index (Phi) is 3.63. The predicted octanol–water partition coefficient (Wildman–Crippen LogP) is 3.97. The topological polar surface area (TPSA) is 60.0 Å². The number of benzene rings is 1. The fraction of sp³-hybridized carbons (Fsp3) is 0.636. The van der Waals surface area contributed by atoms with Crippen molar-refractivity contribution in [3.63, 3.8) is 0 Å². The molecular weight excluding hydrogens is 334 g/mol. The summed E-state index contributed by atoms with van der Waals surface area (Å²) >= 11 is 0. The third-order valence-electron chi connectivity index (χ3n) is 6.30. The minimum atomic E-state index is -2.68. The molecule has 0 radical (unpaired) electrons. The van der Waals surface area contributed by atoms with Crippen LogP contribution in [-0.2, 0) is 0 Å². The lowest BCUT2D eigenvalue weighted by atomic mass is 9.95. The second-order valence-corrected chi connectivity index (χ2v) is 7.96. The van der Waals surface area contributed by atoms with Crippen LogP contribution in [0.15, 0.2) is 30.3 Å². The molecule has 0 aliphatic carbocycles. The molecule has 3 atom stereocenters. The van der Waals surface area contributed by atoms with E-state index in [0.29, 0.717) is 17.9 Å². The molecule has 2 aromatic rings. The highest BCUT2D eigenvalue weighted by Gasteiger charge is 2.42. The lowest BCUT2D eigenvalue weighted by Crippen LogP contribution is -2.44. The third kappa shape index (κ3) is 3.67. The molecule has 27 heavy (non-hydrogen) atoms. The Balaban J connectivity index is 1.50. The normalized spacial score (nSPS) is 30.9. The number of piperidine rings is 1. The molecule has 2 N–H and O–H groups in total. The van der Waals surface area contributed by atoms with Gasteiger partial charge in [0.2, 0.25) is 0 Å². The van der Waals surface area contributed by atoms with Crippen molar-refractivity contribution >= 4 is 0 Å². The van der Waals surface area contributed by atoms with Crippen LogP contribution >= 0.6 is 0 Å². The molecule has 146 valence electrons. The van der Waals surface area contributed by atoms with Crippen molar-refractivity contribution in [1.29, 1.82) is 0 Å². The van der Waals surface area contributed by atoms with E-state index in [9.17, 15) is 0 Å². The fourth-order valence-electron chi connectivity index (χ4n) is 5.01. The molecule has 2 aliphatic rings. The summed E-state index contributed by atoms with van der Waals surface area (Å²) < 4.78 is 49.0. The molecule has 1 aromatic carbocycles. The van der Waals surface area contributed by atoms with Gasteiger partial charge in [-0.15, -0.1) is 10.2 Å². The highest BCUT2D eigenvalue weighted by atomic mass is 15.3. The first-order chi connectivity index (χ1) is 15.5. The minimum absolute atomic E-state index is 0.00116. The van der Waals surface area contributed by atoms with Crippen LogP contribution in [0.25, 0.3) is 0 Å². The Bertz CT molecular complexity index is 913. The highest BCUT2D eigenvalue weighted by Crippen LogP contribution is 2.42. The lowest BCUT2D eigenvalue weighted by molar-refractivity contribution is 0.101. The van der Waals surface area contributed by atoms with E-state index < -0.39 is 19.6 Å². The number of hydrogen-bond donors (Lipinski definition) is 1. The summed E-state index contributed by atoms with van der Waals surface area (Å²) in [5, 5.41) is 8.17. The molecular formula is C22H33N5. The van der Waals surface area contributed by atoms with E-state index in [0.717, 1.165) is 44.2 Å². The average molecular weight is 374 g/mol. The van der Waals surface area contributed by atoms with Crippen LogP contribution in [0.4, 0.5) is 0 Å². The van der Waals surface area contributed by atoms with Gasteiger partial charge in [-0.05, 0) is 44.6 Å². The Morgan fingerprint density at radius 3 is 2.48 bits per heavy atom. The smallest absolute Gasteiger partial charge is 0.135 e. The Morgan fingerprint density at radius 1 is 1.11 bits per heavy atom. The average Bonchev–Trinajstić information content (AvgIpc) is 3.19. The van der Waals surface area contributed by atoms with Gasteiger partial charge in [-0.25, -0.2) is 0 Å². The first-order valence-corrected chi connectivity index (χ1v) is 9.94. The molecule has 1 aromatic heterocycles. The molecule has 2 unspecified atom stereocenters. The number of rotatable bonds is 6. The number of aryl methyl sites for hydroxylation is 1. The van der Waals surface area contributed by atoms with E-state index in [1.807, 2.05) is 22.8 Å². The first-order valence-electron chi connectivity index (χ1n) is 12.9. The maximum atomic E-state index is 7.86. The van der Waals surface area contributed by atoms with Crippen LogP contribution in [0, 0.1) is 6.92 Å². The minimum Gasteiger partial charge on any atom is -0.324 e. The molecule has 2 fully saturated rings. The summed E-state index contributed by atoms with van der Waals surface area (Å²) in [6.45, 7) is -2.68. The molecule has 5 nitrogen and oxygen atoms in total. The largest absolute Gasteiger partial charge is 0.324 e. The highest BCUT2D eigenvalue weighted by molar-refractivity contribution is 5.18. The van der Waals surface area contributed by atoms with Crippen LogP contribution in [0.2, 0.25) is 0 Å². The molecule has 3 heterocycles. The Labute approximate surface area is 171 Å². The number of hydrogen-bond acceptors (Lipinski definition) is 4. The predicted molar refractivity (Wildman–Crippen MR) is 109 cm³/mol. The van der Waals surface area contributed by atoms with E-state index in [1.54, 1.807) is 6.92 Å². The molecule has 5 heteroatoms. The van der Waals surface area contributed by atoms with E-state index >= 15 is 0 Å². The second-order valence-electron chi connectivity index (χ2n) is 7.96. The Hall–Kier alpha value is -1.72. The zero-order valence-electron chi connectivity index (χ0n) is 21.9. The summed E-state index contributed by atoms with van der Waals surface area (Å²) in [4.78, 5) is 2.55. The van der Waals surface area contributed by atoms with Gasteiger partial charge in [0.1, 0.15) is 11.6 Å². The quantitative estimate of drug-likeness (QED) is 0.832. The van der Waals surface area contributed by atoms with Crippen LogP contribution < -0.4 is 5.73 Å². The van der Waals surface area contributed by atoms with Gasteiger partial charge in [0.15, 0.2) is 0 Å². The molecule has 4 rings (SSSR count). The number of aromatic nitrogens is 3. The number of nitrogens with zero attached hydrogens (tertiary/aromatic N) is 4. The van der Waals surface area contributed by atoms with Crippen LogP contribution in [0.5, 0.6) is 0 Å². The third-order valence-corrected chi connectivity index (χ3v) is 6.30. The van der Waals surface area contributed by atoms with E-state index in [2.05, 4.69) is 27.2 Å². The zero-order valence-corrected chi connectivity index (χ0v) is 15.9. The maximum Gasteiger partial charge on any atom is 0.135 e. The number of nitrogens with two attached hydrogens (primary N) is 1. The maximum absolute atomic E-state index is 7.86. The summed E-state index contributed by atoms with van der Waals surface area (Å²) in [7, 11) is 0. The standard InChI is InChI=1S/C22H33N5/c1-15(2)22-25-24-16(3)27(22)20-13-18-9-10-19(14-20)26(18)12-11-21(23)17-7-5-4-6-8-17/h4-8,15,18-21H,9-14,23H2,1-3H3/t18?,19?,20?,21-/m1/s1/i1D3,2D3. The van der Waals surface area contributed by atoms with Gasteiger partial charge in [-0.1, -0.05) is 44.0 Å². The lowest BCUT2D eigenvalue weighted by Gasteiger charge is -2.40. The summed E-state index contributed by atoms with van der Waals surface area (Å²) in [5.74, 6) is -1.00. The monoisotopic (exact) mass is 373 g/mol. The van der Waals surface area contributed by atoms with Gasteiger partial charge in [0.05, 0.1) is 0 Å². The van der Waals surface area contributed by atoms with Crippen molar-refractivity contribution in [1.82, 2.24) is 19.7 Å². The molecule has 0 spiro atoms. The van der Waals surface area contributed by atoms with Gasteiger partial charge in [-0.2, -0.15) is 0 Å². The Morgan fingerprint density at radius 2 is 1.81 bits per heavy atom. The van der Waals surface area contributed by atoms with Crippen LogP contribution in [0.1, 0.15) is 89.2 Å². The molecule has 2 aliphatic heterocycles. The molecule has 2 bridgehead atoms. The second kappa shape index (κ2) is 7.72. The number of fused-ring (bicyclic) bond motifs is 2. The molecule has 0 saturated carbocycles. The van der Waals surface area contributed by atoms with Gasteiger partial charge < -0.3 is 10.3 Å². The van der Waals surface area contributed by atoms with Crippen LogP contribution in [-0.4, -0.2) is 38.3 Å². The van der Waals surface area contributed by atoms with Crippen molar-refractivity contribution < 1.29 is 8.22 Å². The van der Waals surface area contributed by atoms with Crippen molar-refractivity contribution in [2.24, 2.45) is 5.73 Å². The van der Waals surface area contributed by atoms with E-state index in [1.165, 1.54) is 0 Å². The SMILES string of the molecule is [2H]C([2H])([2H])C(c1nnc(C)n1C1CC2CCC(C1)N2CC[C@@H](N)c1ccccc1)C([2H])([2H])[2H]. The van der Waals surface area contributed by atoms with E-state index in [-0.39, 0.29) is 17.9 Å². The van der Waals surface area contributed by atoms with Crippen molar-refractivity contribution in [2.45, 2.75) is 82.8 Å². The van der Waals surface area contributed by atoms with Gasteiger partial charge >= 0.3 is 0 Å².